The molecule has 2 aromatic carbocycles. The Bertz CT molecular complexity index is 1560. The van der Waals surface area contributed by atoms with E-state index in [1.165, 1.54) is 16.9 Å². The van der Waals surface area contributed by atoms with Crippen LogP contribution >= 0.6 is 0 Å². The smallest absolute Gasteiger partial charge is 0.257 e. The SMILES string of the molecule is CCC(C)=C(Nc1ccc(N2CCOCC2)cc1)c1c(/C=C(\C)N2CCN(CC)CC2)c(-c2ccc(C(C)CC)cc2)c[nH]c1=O. The van der Waals surface area contributed by atoms with E-state index >= 15 is 0 Å². The Morgan fingerprint density at radius 1 is 0.935 bits per heavy atom. The summed E-state index contributed by atoms with van der Waals surface area (Å²) in [6, 6.07) is 17.4. The minimum Gasteiger partial charge on any atom is -0.378 e. The summed E-state index contributed by atoms with van der Waals surface area (Å²) in [6.45, 7) is 21.7. The lowest BCUT2D eigenvalue weighted by Gasteiger charge is -2.36. The van der Waals surface area contributed by atoms with Crippen molar-refractivity contribution in [1.29, 1.82) is 0 Å². The van der Waals surface area contributed by atoms with E-state index in [1.54, 1.807) is 0 Å². The summed E-state index contributed by atoms with van der Waals surface area (Å²) in [5, 5.41) is 3.70. The molecule has 3 aromatic rings. The van der Waals surface area contributed by atoms with Crippen molar-refractivity contribution in [3.63, 3.8) is 0 Å². The van der Waals surface area contributed by atoms with Gasteiger partial charge in [0.05, 0.1) is 24.5 Å². The van der Waals surface area contributed by atoms with Gasteiger partial charge in [0.15, 0.2) is 0 Å². The Hall–Kier alpha value is -3.81. The minimum atomic E-state index is -0.0879. The number of allylic oxidation sites excluding steroid dienone is 2. The molecule has 46 heavy (non-hydrogen) atoms. The zero-order valence-electron chi connectivity index (χ0n) is 28.8. The van der Waals surface area contributed by atoms with Gasteiger partial charge in [0, 0.05) is 73.7 Å². The van der Waals surface area contributed by atoms with Gasteiger partial charge in [-0.15, -0.1) is 0 Å². The van der Waals surface area contributed by atoms with Crippen molar-refractivity contribution in [3.8, 4) is 11.1 Å². The molecule has 0 aliphatic carbocycles. The summed E-state index contributed by atoms with van der Waals surface area (Å²) in [7, 11) is 0. The zero-order chi connectivity index (χ0) is 32.6. The summed E-state index contributed by atoms with van der Waals surface area (Å²) in [6.07, 6.45) is 6.07. The van der Waals surface area contributed by atoms with Gasteiger partial charge in [-0.25, -0.2) is 0 Å². The molecular formula is C39H53N5O2. The van der Waals surface area contributed by atoms with Gasteiger partial charge in [-0.3, -0.25) is 4.79 Å². The highest BCUT2D eigenvalue weighted by atomic mass is 16.5. The molecule has 2 N–H and O–H groups in total. The summed E-state index contributed by atoms with van der Waals surface area (Å²) >= 11 is 0. The van der Waals surface area contributed by atoms with E-state index in [0.29, 0.717) is 11.5 Å². The number of pyridine rings is 1. The second-order valence-electron chi connectivity index (χ2n) is 12.7. The molecule has 7 nitrogen and oxygen atoms in total. The molecule has 2 aliphatic rings. The first-order chi connectivity index (χ1) is 22.3. The molecule has 2 aliphatic heterocycles. The first-order valence-corrected chi connectivity index (χ1v) is 17.2. The molecule has 1 aromatic heterocycles. The van der Waals surface area contributed by atoms with Crippen molar-refractivity contribution in [2.75, 3.05) is 69.2 Å². The zero-order valence-corrected chi connectivity index (χ0v) is 28.8. The molecule has 7 heteroatoms. The molecule has 1 unspecified atom stereocenters. The predicted molar refractivity (Wildman–Crippen MR) is 195 cm³/mol. The number of nitrogens with one attached hydrogen (secondary N) is 2. The van der Waals surface area contributed by atoms with Gasteiger partial charge >= 0.3 is 0 Å². The standard InChI is InChI=1S/C39H53N5O2/c1-7-28(4)31-10-12-32(13-11-31)36-27-40-39(45)37(35(36)26-30(6)43-20-18-42(9-3)19-21-43)38(29(5)8-2)41-33-14-16-34(17-15-33)44-22-24-46-25-23-44/h10-17,26-28,41H,7-9,18-25H2,1-6H3,(H,40,45)/b30-26+,38-29?. The number of anilines is 2. The van der Waals surface area contributed by atoms with E-state index < -0.39 is 0 Å². The lowest BCUT2D eigenvalue weighted by atomic mass is 9.91. The van der Waals surface area contributed by atoms with Crippen LogP contribution in [-0.2, 0) is 4.74 Å². The van der Waals surface area contributed by atoms with Crippen LogP contribution in [0.3, 0.4) is 0 Å². The number of hydrogen-bond acceptors (Lipinski definition) is 6. The fourth-order valence-corrected chi connectivity index (χ4v) is 6.41. The van der Waals surface area contributed by atoms with Crippen LogP contribution in [0.1, 0.15) is 77.0 Å². The van der Waals surface area contributed by atoms with Gasteiger partial charge in [0.25, 0.3) is 5.56 Å². The topological polar surface area (TPSA) is 63.8 Å². The second kappa shape index (κ2) is 15.7. The van der Waals surface area contributed by atoms with Gasteiger partial charge in [0.1, 0.15) is 0 Å². The minimum absolute atomic E-state index is 0.0879. The molecular weight excluding hydrogens is 570 g/mol. The Morgan fingerprint density at radius 2 is 1.61 bits per heavy atom. The second-order valence-corrected chi connectivity index (χ2v) is 12.7. The van der Waals surface area contributed by atoms with E-state index in [-0.39, 0.29) is 5.56 Å². The number of rotatable bonds is 11. The van der Waals surface area contributed by atoms with Crippen LogP contribution in [0.25, 0.3) is 22.9 Å². The maximum atomic E-state index is 14.0. The van der Waals surface area contributed by atoms with Crippen LogP contribution in [0, 0.1) is 0 Å². The quantitative estimate of drug-likeness (QED) is 0.229. The first kappa shape index (κ1) is 33.6. The van der Waals surface area contributed by atoms with E-state index in [4.69, 9.17) is 4.74 Å². The lowest BCUT2D eigenvalue weighted by Crippen LogP contribution is -2.45. The van der Waals surface area contributed by atoms with Crippen molar-refractivity contribution < 1.29 is 4.74 Å². The number of ether oxygens (including phenoxy) is 1. The highest BCUT2D eigenvalue weighted by Crippen LogP contribution is 2.34. The van der Waals surface area contributed by atoms with Crippen LogP contribution in [-0.4, -0.2) is 73.8 Å². The van der Waals surface area contributed by atoms with Crippen molar-refractivity contribution in [3.05, 3.63) is 93.0 Å². The van der Waals surface area contributed by atoms with Crippen molar-refractivity contribution in [2.24, 2.45) is 0 Å². The van der Waals surface area contributed by atoms with Crippen molar-refractivity contribution in [2.45, 2.75) is 60.3 Å². The molecule has 246 valence electrons. The van der Waals surface area contributed by atoms with Crippen molar-refractivity contribution >= 4 is 23.1 Å². The number of hydrogen-bond donors (Lipinski definition) is 2. The van der Waals surface area contributed by atoms with Crippen LogP contribution in [0.4, 0.5) is 11.4 Å². The molecule has 0 radical (unpaired) electrons. The third-order valence-corrected chi connectivity index (χ3v) is 9.93. The number of H-pyrrole nitrogens is 1. The molecule has 2 saturated heterocycles. The molecule has 2 fully saturated rings. The third-order valence-electron chi connectivity index (χ3n) is 9.93. The maximum absolute atomic E-state index is 14.0. The first-order valence-electron chi connectivity index (χ1n) is 17.2. The van der Waals surface area contributed by atoms with Crippen LogP contribution in [0.15, 0.2) is 70.8 Å². The van der Waals surface area contributed by atoms with Crippen LogP contribution < -0.4 is 15.8 Å². The average Bonchev–Trinajstić information content (AvgIpc) is 3.11. The van der Waals surface area contributed by atoms with E-state index in [9.17, 15) is 4.79 Å². The van der Waals surface area contributed by atoms with Crippen LogP contribution in [0.5, 0.6) is 0 Å². The Labute approximate surface area is 276 Å². The molecule has 0 saturated carbocycles. The van der Waals surface area contributed by atoms with Crippen LogP contribution in [0.2, 0.25) is 0 Å². The summed E-state index contributed by atoms with van der Waals surface area (Å²) < 4.78 is 5.54. The number of aromatic nitrogens is 1. The fraction of sp³-hybridized carbons (Fsp3) is 0.462. The largest absolute Gasteiger partial charge is 0.378 e. The number of likely N-dealkylation sites (N-methyl/N-ethyl adjacent to an activating group) is 1. The molecule has 0 spiro atoms. The van der Waals surface area contributed by atoms with Gasteiger partial charge in [-0.05, 0) is 86.2 Å². The highest BCUT2D eigenvalue weighted by Gasteiger charge is 2.22. The maximum Gasteiger partial charge on any atom is 0.257 e. The number of benzene rings is 2. The molecule has 0 amide bonds. The average molecular weight is 624 g/mol. The number of piperazine rings is 1. The number of morpholine rings is 1. The number of nitrogens with zero attached hydrogens (tertiary/aromatic N) is 3. The van der Waals surface area contributed by atoms with Crippen molar-refractivity contribution in [1.82, 2.24) is 14.8 Å². The Balaban J connectivity index is 1.59. The monoisotopic (exact) mass is 623 g/mol. The molecule has 3 heterocycles. The van der Waals surface area contributed by atoms with E-state index in [2.05, 4.69) is 121 Å². The van der Waals surface area contributed by atoms with E-state index in [1.807, 2.05) is 6.20 Å². The Morgan fingerprint density at radius 3 is 2.22 bits per heavy atom. The van der Waals surface area contributed by atoms with Gasteiger partial charge in [-0.1, -0.05) is 52.0 Å². The normalized spacial score (nSPS) is 17.6. The fourth-order valence-electron chi connectivity index (χ4n) is 6.41. The summed E-state index contributed by atoms with van der Waals surface area (Å²) in [4.78, 5) is 24.4. The lowest BCUT2D eigenvalue weighted by molar-refractivity contribution is 0.122. The highest BCUT2D eigenvalue weighted by molar-refractivity contribution is 5.89. The third kappa shape index (κ3) is 7.76. The predicted octanol–water partition coefficient (Wildman–Crippen LogP) is 7.64. The molecule has 5 rings (SSSR count). The molecule has 0 bridgehead atoms. The van der Waals surface area contributed by atoms with E-state index in [0.717, 1.165) is 106 Å². The van der Waals surface area contributed by atoms with Gasteiger partial charge in [-0.2, -0.15) is 0 Å². The summed E-state index contributed by atoms with van der Waals surface area (Å²) in [5.74, 6) is 0.504. The Kier molecular flexibility index (Phi) is 11.4. The molecule has 1 atom stereocenters. The summed E-state index contributed by atoms with van der Waals surface area (Å²) in [5.41, 5.74) is 10.4. The number of aromatic amines is 1. The van der Waals surface area contributed by atoms with Gasteiger partial charge < -0.3 is 29.7 Å². The van der Waals surface area contributed by atoms with Gasteiger partial charge in [0.2, 0.25) is 0 Å².